The van der Waals surface area contributed by atoms with E-state index in [1.165, 1.54) is 4.90 Å². The number of carbonyl (C=O) groups is 3. The monoisotopic (exact) mass is 568 g/mol. The number of rotatable bonds is 8. The number of fused-ring (bicyclic) bond motifs is 1. The van der Waals surface area contributed by atoms with Gasteiger partial charge in [0, 0.05) is 23.3 Å². The molecule has 0 N–H and O–H groups in total. The largest absolute Gasteiger partial charge is 0.442 e. The number of ether oxygens (including phenoxy) is 1. The molecule has 3 heterocycles. The molecular weight excluding hydrogens is 540 g/mol. The lowest BCUT2D eigenvalue weighted by Gasteiger charge is -2.29. The van der Waals surface area contributed by atoms with Crippen LogP contribution in [0.5, 0.6) is 0 Å². The van der Waals surface area contributed by atoms with Crippen LogP contribution >= 0.6 is 11.6 Å². The van der Waals surface area contributed by atoms with Crippen LogP contribution in [-0.2, 0) is 11.3 Å². The highest BCUT2D eigenvalue weighted by molar-refractivity contribution is 6.30. The van der Waals surface area contributed by atoms with Crippen molar-refractivity contribution in [2.24, 2.45) is 5.92 Å². The van der Waals surface area contributed by atoms with Crippen LogP contribution in [0.1, 0.15) is 52.0 Å². The first-order chi connectivity index (χ1) is 19.8. The predicted octanol–water partition coefficient (Wildman–Crippen LogP) is 6.07. The second-order valence-electron chi connectivity index (χ2n) is 10.7. The van der Waals surface area contributed by atoms with Crippen molar-refractivity contribution in [2.75, 3.05) is 13.1 Å². The fourth-order valence-electron chi connectivity index (χ4n) is 5.63. The maximum absolute atomic E-state index is 13.3. The van der Waals surface area contributed by atoms with Gasteiger partial charge in [0.15, 0.2) is 0 Å². The van der Waals surface area contributed by atoms with E-state index in [1.807, 2.05) is 62.5 Å². The molecule has 9 heteroatoms. The molecule has 8 nitrogen and oxygen atoms in total. The zero-order valence-corrected chi connectivity index (χ0v) is 23.5. The number of hydrogen-bond acceptors (Lipinski definition) is 5. The third-order valence-electron chi connectivity index (χ3n) is 7.52. The first-order valence-electron chi connectivity index (χ1n) is 13.6. The van der Waals surface area contributed by atoms with Gasteiger partial charge in [0.05, 0.1) is 36.0 Å². The van der Waals surface area contributed by atoms with Crippen LogP contribution in [0.4, 0.5) is 4.79 Å². The van der Waals surface area contributed by atoms with Crippen molar-refractivity contribution in [3.05, 3.63) is 113 Å². The molecule has 6 rings (SSSR count). The van der Waals surface area contributed by atoms with E-state index in [2.05, 4.69) is 16.7 Å². The van der Waals surface area contributed by atoms with Crippen molar-refractivity contribution in [3.63, 3.8) is 0 Å². The lowest BCUT2D eigenvalue weighted by atomic mass is 10.0. The van der Waals surface area contributed by atoms with Gasteiger partial charge >= 0.3 is 6.09 Å². The summed E-state index contributed by atoms with van der Waals surface area (Å²) in [5.41, 5.74) is 3.46. The van der Waals surface area contributed by atoms with Crippen molar-refractivity contribution >= 4 is 29.5 Å². The van der Waals surface area contributed by atoms with Gasteiger partial charge in [-0.2, -0.15) is 0 Å². The normalized spacial score (nSPS) is 17.4. The summed E-state index contributed by atoms with van der Waals surface area (Å²) >= 11 is 6.29. The molecule has 3 aromatic carbocycles. The van der Waals surface area contributed by atoms with Gasteiger partial charge in [-0.05, 0) is 35.7 Å². The number of halogens is 1. The average Bonchev–Trinajstić information content (AvgIpc) is 3.61. The van der Waals surface area contributed by atoms with E-state index in [9.17, 15) is 14.4 Å². The number of hydrogen-bond donors (Lipinski definition) is 0. The Hall–Kier alpha value is -4.43. The summed E-state index contributed by atoms with van der Waals surface area (Å²) in [7, 11) is 0. The van der Waals surface area contributed by atoms with Crippen LogP contribution < -0.4 is 0 Å². The number of nitrogens with zero attached hydrogens (tertiary/aromatic N) is 4. The first-order valence-corrected chi connectivity index (χ1v) is 14.0. The Morgan fingerprint density at radius 3 is 2.27 bits per heavy atom. The topological polar surface area (TPSA) is 84.7 Å². The van der Waals surface area contributed by atoms with Gasteiger partial charge in [-0.25, -0.2) is 9.78 Å². The number of imidazole rings is 1. The summed E-state index contributed by atoms with van der Waals surface area (Å²) in [6, 6.07) is 23.9. The molecule has 208 valence electrons. The fourth-order valence-corrected chi connectivity index (χ4v) is 5.82. The molecular formula is C32H29ClN4O4. The molecule has 0 spiro atoms. The van der Waals surface area contributed by atoms with Crippen LogP contribution in [0.2, 0.25) is 5.02 Å². The van der Waals surface area contributed by atoms with Crippen molar-refractivity contribution in [1.29, 1.82) is 0 Å². The number of aromatic nitrogens is 2. The van der Waals surface area contributed by atoms with Gasteiger partial charge in [0.25, 0.3) is 11.8 Å². The lowest BCUT2D eigenvalue weighted by molar-refractivity contribution is 0.0558. The van der Waals surface area contributed by atoms with Crippen LogP contribution in [0.25, 0.3) is 11.3 Å². The molecule has 3 amide bonds. The smallest absolute Gasteiger partial charge is 0.410 e. The number of benzene rings is 3. The quantitative estimate of drug-likeness (QED) is 0.241. The number of amides is 3. The summed E-state index contributed by atoms with van der Waals surface area (Å²) in [5.74, 6) is -0.0305. The highest BCUT2D eigenvalue weighted by Crippen LogP contribution is 2.35. The molecule has 0 bridgehead atoms. The first kappa shape index (κ1) is 26.8. The highest BCUT2D eigenvalue weighted by Gasteiger charge is 2.44. The molecule has 1 aromatic heterocycles. The van der Waals surface area contributed by atoms with Crippen molar-refractivity contribution < 1.29 is 19.1 Å². The maximum atomic E-state index is 13.3. The van der Waals surface area contributed by atoms with E-state index in [0.717, 1.165) is 22.6 Å². The molecule has 4 aromatic rings. The minimum absolute atomic E-state index is 0.00831. The Morgan fingerprint density at radius 2 is 1.61 bits per heavy atom. The number of cyclic esters (lactones) is 1. The van der Waals surface area contributed by atoms with E-state index in [1.54, 1.807) is 29.2 Å². The highest BCUT2D eigenvalue weighted by atomic mass is 35.5. The van der Waals surface area contributed by atoms with E-state index in [0.29, 0.717) is 22.7 Å². The number of imide groups is 1. The van der Waals surface area contributed by atoms with E-state index in [-0.39, 0.29) is 30.8 Å². The van der Waals surface area contributed by atoms with Gasteiger partial charge in [-0.3, -0.25) is 19.4 Å². The minimum Gasteiger partial charge on any atom is -0.442 e. The van der Waals surface area contributed by atoms with E-state index < -0.39 is 18.2 Å². The minimum atomic E-state index is -0.657. The Morgan fingerprint density at radius 1 is 0.927 bits per heavy atom. The molecule has 0 radical (unpaired) electrons. The molecule has 0 aliphatic carbocycles. The van der Waals surface area contributed by atoms with Crippen LogP contribution in [-0.4, -0.2) is 56.5 Å². The molecule has 1 unspecified atom stereocenters. The molecule has 41 heavy (non-hydrogen) atoms. The third kappa shape index (κ3) is 5.11. The summed E-state index contributed by atoms with van der Waals surface area (Å²) in [6.07, 6.45) is 0.834. The molecule has 2 aliphatic rings. The second-order valence-corrected chi connectivity index (χ2v) is 11.2. The molecule has 0 saturated carbocycles. The van der Waals surface area contributed by atoms with E-state index >= 15 is 0 Å². The van der Waals surface area contributed by atoms with Gasteiger partial charge < -0.3 is 9.30 Å². The van der Waals surface area contributed by atoms with Gasteiger partial charge in [0.1, 0.15) is 11.9 Å². The molecule has 2 aliphatic heterocycles. The summed E-state index contributed by atoms with van der Waals surface area (Å²) in [6.45, 7) is 4.85. The summed E-state index contributed by atoms with van der Waals surface area (Å²) in [5, 5.41) is 0.612. The van der Waals surface area contributed by atoms with Gasteiger partial charge in [-0.15, -0.1) is 0 Å². The number of carbonyl (C=O) groups excluding carboxylic acids is 3. The Labute approximate surface area is 243 Å². The SMILES string of the molecule is CC(C)[C@H](c1nc(-c2cccc(Cl)c2)cn1Cc1ccccc1)N1CC(CN2C(=O)c3ccccc3C2=O)OC1=O. The third-order valence-corrected chi connectivity index (χ3v) is 7.76. The van der Waals surface area contributed by atoms with Crippen LogP contribution in [0, 0.1) is 5.92 Å². The van der Waals surface area contributed by atoms with Gasteiger partial charge in [0.2, 0.25) is 0 Å². The second kappa shape index (κ2) is 10.9. The van der Waals surface area contributed by atoms with E-state index in [4.69, 9.17) is 21.3 Å². The maximum Gasteiger partial charge on any atom is 0.410 e. The Kier molecular flexibility index (Phi) is 7.09. The summed E-state index contributed by atoms with van der Waals surface area (Å²) < 4.78 is 7.81. The summed E-state index contributed by atoms with van der Waals surface area (Å²) in [4.78, 5) is 47.0. The Bertz CT molecular complexity index is 1600. The Balaban J connectivity index is 1.30. The zero-order valence-electron chi connectivity index (χ0n) is 22.7. The fraction of sp³-hybridized carbons (Fsp3) is 0.250. The van der Waals surface area contributed by atoms with Gasteiger partial charge in [-0.1, -0.05) is 80.0 Å². The van der Waals surface area contributed by atoms with Crippen LogP contribution in [0.15, 0.2) is 85.1 Å². The van der Waals surface area contributed by atoms with Crippen LogP contribution in [0.3, 0.4) is 0 Å². The lowest BCUT2D eigenvalue weighted by Crippen LogP contribution is -2.39. The standard InChI is InChI=1S/C32H29ClN4O4/c1-20(2)28(36-17-24(41-32(36)40)18-37-30(38)25-13-6-7-14-26(25)31(37)39)29-34-27(22-11-8-12-23(33)15-22)19-35(29)16-21-9-4-3-5-10-21/h3-15,19-20,24,28H,16-18H2,1-2H3/t24?,28-/m1/s1. The average molecular weight is 569 g/mol. The van der Waals surface area contributed by atoms with Crippen molar-refractivity contribution in [1.82, 2.24) is 19.4 Å². The predicted molar refractivity (Wildman–Crippen MR) is 155 cm³/mol. The van der Waals surface area contributed by atoms with Crippen molar-refractivity contribution in [2.45, 2.75) is 32.5 Å². The molecule has 1 fully saturated rings. The zero-order chi connectivity index (χ0) is 28.7. The van der Waals surface area contributed by atoms with Crippen molar-refractivity contribution in [3.8, 4) is 11.3 Å². The molecule has 2 atom stereocenters. The molecule has 1 saturated heterocycles.